The van der Waals surface area contributed by atoms with E-state index in [-0.39, 0.29) is 5.41 Å². The zero-order chi connectivity index (χ0) is 15.2. The molecule has 1 heterocycles. The summed E-state index contributed by atoms with van der Waals surface area (Å²) in [6.45, 7) is 6.62. The number of nitrogens with two attached hydrogens (primary N) is 1. The van der Waals surface area contributed by atoms with E-state index in [0.29, 0.717) is 5.95 Å². The van der Waals surface area contributed by atoms with Gasteiger partial charge in [0.05, 0.1) is 16.7 Å². The van der Waals surface area contributed by atoms with Crippen LogP contribution in [-0.4, -0.2) is 9.55 Å². The van der Waals surface area contributed by atoms with Crippen LogP contribution in [0.4, 0.5) is 5.95 Å². The first-order valence-electron chi connectivity index (χ1n) is 6.91. The van der Waals surface area contributed by atoms with Gasteiger partial charge < -0.3 is 5.73 Å². The van der Waals surface area contributed by atoms with Crippen LogP contribution in [0.3, 0.4) is 0 Å². The Morgan fingerprint density at radius 1 is 1.10 bits per heavy atom. The van der Waals surface area contributed by atoms with E-state index in [0.717, 1.165) is 21.2 Å². The second kappa shape index (κ2) is 4.88. The highest BCUT2D eigenvalue weighted by Gasteiger charge is 2.20. The van der Waals surface area contributed by atoms with Crippen LogP contribution in [0.5, 0.6) is 0 Å². The molecule has 4 heteroatoms. The maximum absolute atomic E-state index is 6.18. The van der Waals surface area contributed by atoms with E-state index in [4.69, 9.17) is 5.73 Å². The van der Waals surface area contributed by atoms with E-state index in [9.17, 15) is 0 Å². The molecule has 21 heavy (non-hydrogen) atoms. The van der Waals surface area contributed by atoms with Crippen molar-refractivity contribution in [1.29, 1.82) is 0 Å². The lowest BCUT2D eigenvalue weighted by Crippen LogP contribution is -2.15. The van der Waals surface area contributed by atoms with Crippen molar-refractivity contribution in [2.45, 2.75) is 26.2 Å². The van der Waals surface area contributed by atoms with Crippen molar-refractivity contribution in [2.24, 2.45) is 0 Å². The Bertz CT molecular complexity index is 813. The molecule has 0 atom stereocenters. The molecule has 0 bridgehead atoms. The van der Waals surface area contributed by atoms with E-state index < -0.39 is 0 Å². The van der Waals surface area contributed by atoms with Gasteiger partial charge in [-0.3, -0.25) is 4.57 Å². The van der Waals surface area contributed by atoms with Crippen molar-refractivity contribution in [2.75, 3.05) is 5.73 Å². The maximum Gasteiger partial charge on any atom is 0.205 e. The van der Waals surface area contributed by atoms with Crippen LogP contribution < -0.4 is 5.73 Å². The van der Waals surface area contributed by atoms with Gasteiger partial charge in [0.25, 0.3) is 0 Å². The van der Waals surface area contributed by atoms with Crippen molar-refractivity contribution in [3.8, 4) is 5.69 Å². The number of anilines is 1. The summed E-state index contributed by atoms with van der Waals surface area (Å²) >= 11 is 3.48. The summed E-state index contributed by atoms with van der Waals surface area (Å²) in [7, 11) is 0. The number of fused-ring (bicyclic) bond motifs is 1. The molecular formula is C17H18BrN3. The topological polar surface area (TPSA) is 43.8 Å². The van der Waals surface area contributed by atoms with Gasteiger partial charge in [0, 0.05) is 4.47 Å². The molecule has 0 aliphatic rings. The molecule has 0 radical (unpaired) electrons. The lowest BCUT2D eigenvalue weighted by Gasteiger charge is -2.23. The van der Waals surface area contributed by atoms with Crippen LogP contribution in [0, 0.1) is 0 Å². The zero-order valence-corrected chi connectivity index (χ0v) is 14.0. The molecule has 3 nitrogen and oxygen atoms in total. The highest BCUT2D eigenvalue weighted by Crippen LogP contribution is 2.32. The predicted octanol–water partition coefficient (Wildman–Crippen LogP) is 4.67. The summed E-state index contributed by atoms with van der Waals surface area (Å²) in [5.41, 5.74) is 10.5. The molecule has 1 aromatic heterocycles. The first kappa shape index (κ1) is 14.1. The zero-order valence-electron chi connectivity index (χ0n) is 12.4. The Labute approximate surface area is 132 Å². The highest BCUT2D eigenvalue weighted by molar-refractivity contribution is 9.10. The van der Waals surface area contributed by atoms with Crippen LogP contribution >= 0.6 is 15.9 Å². The van der Waals surface area contributed by atoms with Crippen molar-refractivity contribution in [3.63, 3.8) is 0 Å². The largest absolute Gasteiger partial charge is 0.369 e. The lowest BCUT2D eigenvalue weighted by molar-refractivity contribution is 0.587. The van der Waals surface area contributed by atoms with Crippen LogP contribution in [0.15, 0.2) is 46.9 Å². The van der Waals surface area contributed by atoms with E-state index in [1.165, 1.54) is 5.56 Å². The fourth-order valence-corrected chi connectivity index (χ4v) is 2.98. The Morgan fingerprint density at radius 3 is 2.52 bits per heavy atom. The number of benzene rings is 2. The quantitative estimate of drug-likeness (QED) is 0.697. The number of hydrogen-bond acceptors (Lipinski definition) is 2. The Kier molecular flexibility index (Phi) is 3.29. The molecule has 2 N–H and O–H groups in total. The Morgan fingerprint density at radius 2 is 1.81 bits per heavy atom. The molecule has 2 aromatic carbocycles. The number of hydrogen-bond donors (Lipinski definition) is 1. The number of halogens is 1. The van der Waals surface area contributed by atoms with Crippen molar-refractivity contribution in [1.82, 2.24) is 9.55 Å². The van der Waals surface area contributed by atoms with Crippen molar-refractivity contribution < 1.29 is 0 Å². The smallest absolute Gasteiger partial charge is 0.205 e. The van der Waals surface area contributed by atoms with Crippen LogP contribution in [0.25, 0.3) is 16.7 Å². The third-order valence-electron chi connectivity index (χ3n) is 3.60. The molecule has 0 aliphatic heterocycles. The van der Waals surface area contributed by atoms with E-state index >= 15 is 0 Å². The summed E-state index contributed by atoms with van der Waals surface area (Å²) in [6, 6.07) is 14.4. The molecular weight excluding hydrogens is 326 g/mol. The lowest BCUT2D eigenvalue weighted by atomic mass is 9.85. The van der Waals surface area contributed by atoms with Gasteiger partial charge in [-0.15, -0.1) is 0 Å². The molecule has 0 unspecified atom stereocenters. The summed E-state index contributed by atoms with van der Waals surface area (Å²) < 4.78 is 3.03. The number of nitrogens with zero attached hydrogens (tertiary/aromatic N) is 2. The minimum atomic E-state index is 0.0367. The second-order valence-corrected chi connectivity index (χ2v) is 7.12. The van der Waals surface area contributed by atoms with Gasteiger partial charge in [-0.25, -0.2) is 4.98 Å². The van der Waals surface area contributed by atoms with Crippen LogP contribution in [0.1, 0.15) is 26.3 Å². The highest BCUT2D eigenvalue weighted by atomic mass is 79.9. The number of aromatic nitrogens is 2. The van der Waals surface area contributed by atoms with Crippen molar-refractivity contribution >= 4 is 32.9 Å². The third-order valence-corrected chi connectivity index (χ3v) is 4.09. The maximum atomic E-state index is 6.18. The van der Waals surface area contributed by atoms with Gasteiger partial charge in [0.1, 0.15) is 0 Å². The number of imidazole rings is 1. The third kappa shape index (κ3) is 2.44. The summed E-state index contributed by atoms with van der Waals surface area (Å²) in [5.74, 6) is 0.514. The fraction of sp³-hybridized carbons (Fsp3) is 0.235. The minimum Gasteiger partial charge on any atom is -0.369 e. The number of rotatable bonds is 1. The molecule has 0 fully saturated rings. The fourth-order valence-electron chi connectivity index (χ4n) is 2.63. The first-order valence-corrected chi connectivity index (χ1v) is 7.70. The monoisotopic (exact) mass is 343 g/mol. The van der Waals surface area contributed by atoms with E-state index in [1.54, 1.807) is 0 Å². The van der Waals surface area contributed by atoms with Gasteiger partial charge in [0.15, 0.2) is 0 Å². The summed E-state index contributed by atoms with van der Waals surface area (Å²) in [4.78, 5) is 4.48. The number of nitrogen functional groups attached to an aromatic ring is 1. The first-order chi connectivity index (χ1) is 9.88. The van der Waals surface area contributed by atoms with Crippen LogP contribution in [-0.2, 0) is 5.41 Å². The molecule has 3 rings (SSSR count). The molecule has 108 valence electrons. The SMILES string of the molecule is CC(C)(C)c1ccccc1-n1c(N)nc2cc(Br)ccc21. The van der Waals surface area contributed by atoms with Crippen molar-refractivity contribution in [3.05, 3.63) is 52.5 Å². The molecule has 0 aliphatic carbocycles. The van der Waals surface area contributed by atoms with Gasteiger partial charge in [-0.1, -0.05) is 54.9 Å². The molecule has 3 aromatic rings. The van der Waals surface area contributed by atoms with Crippen LogP contribution in [0.2, 0.25) is 0 Å². The summed E-state index contributed by atoms with van der Waals surface area (Å²) in [5, 5.41) is 0. The Balaban J connectivity index is 2.34. The molecule has 0 saturated heterocycles. The van der Waals surface area contributed by atoms with Gasteiger partial charge in [0.2, 0.25) is 5.95 Å². The average Bonchev–Trinajstić information content (AvgIpc) is 2.72. The molecule has 0 spiro atoms. The van der Waals surface area contributed by atoms with E-state index in [2.05, 4.69) is 59.9 Å². The second-order valence-electron chi connectivity index (χ2n) is 6.21. The van der Waals surface area contributed by atoms with Gasteiger partial charge in [-0.05, 0) is 35.2 Å². The standard InChI is InChI=1S/C17H18BrN3/c1-17(2,3)12-6-4-5-7-14(12)21-15-9-8-11(18)10-13(15)20-16(21)19/h4-10H,1-3H3,(H2,19,20). The van der Waals surface area contributed by atoms with Gasteiger partial charge in [-0.2, -0.15) is 0 Å². The molecule has 0 amide bonds. The average molecular weight is 344 g/mol. The normalized spacial score (nSPS) is 12.0. The Hall–Kier alpha value is -1.81. The van der Waals surface area contributed by atoms with E-state index in [1.807, 2.05) is 28.8 Å². The summed E-state index contributed by atoms with van der Waals surface area (Å²) in [6.07, 6.45) is 0. The predicted molar refractivity (Wildman–Crippen MR) is 91.9 cm³/mol. The number of para-hydroxylation sites is 1. The molecule has 0 saturated carbocycles. The van der Waals surface area contributed by atoms with Gasteiger partial charge >= 0.3 is 0 Å². The minimum absolute atomic E-state index is 0.0367.